The first kappa shape index (κ1) is 12.7. The number of carbonyl (C=O) groups excluding carboxylic acids is 1. The predicted octanol–water partition coefficient (Wildman–Crippen LogP) is 1.91. The van der Waals surface area contributed by atoms with E-state index in [0.29, 0.717) is 11.8 Å². The van der Waals surface area contributed by atoms with E-state index in [0.717, 1.165) is 32.5 Å². The molecule has 3 nitrogen and oxygen atoms in total. The molecule has 1 aromatic rings. The van der Waals surface area contributed by atoms with Crippen molar-refractivity contribution in [2.75, 3.05) is 19.6 Å². The van der Waals surface area contributed by atoms with Gasteiger partial charge in [0.25, 0.3) is 0 Å². The van der Waals surface area contributed by atoms with Crippen LogP contribution in [0.4, 0.5) is 0 Å². The molecule has 1 aliphatic heterocycles. The van der Waals surface area contributed by atoms with Gasteiger partial charge in [0.15, 0.2) is 0 Å². The van der Waals surface area contributed by atoms with Gasteiger partial charge in [-0.15, -0.1) is 0 Å². The number of benzene rings is 1. The molecule has 1 heterocycles. The van der Waals surface area contributed by atoms with Crippen LogP contribution in [0.1, 0.15) is 30.7 Å². The quantitative estimate of drug-likeness (QED) is 0.866. The second-order valence-corrected chi connectivity index (χ2v) is 5.78. The Kier molecular flexibility index (Phi) is 3.83. The maximum absolute atomic E-state index is 12.0. The Morgan fingerprint density at radius 3 is 2.68 bits per heavy atom. The van der Waals surface area contributed by atoms with Gasteiger partial charge in [-0.25, -0.2) is 0 Å². The maximum Gasteiger partial charge on any atom is 0.223 e. The first-order valence-corrected chi connectivity index (χ1v) is 7.38. The van der Waals surface area contributed by atoms with E-state index in [-0.39, 0.29) is 11.8 Å². The van der Waals surface area contributed by atoms with E-state index in [1.165, 1.54) is 12.0 Å². The Hall–Kier alpha value is -1.35. The van der Waals surface area contributed by atoms with Crippen molar-refractivity contribution in [2.45, 2.75) is 25.2 Å². The molecule has 0 aromatic heterocycles. The Morgan fingerprint density at radius 1 is 1.21 bits per heavy atom. The molecule has 0 radical (unpaired) electrons. The zero-order chi connectivity index (χ0) is 13.1. The van der Waals surface area contributed by atoms with Crippen LogP contribution < -0.4 is 10.6 Å². The lowest BCUT2D eigenvalue weighted by Gasteiger charge is -2.21. The average molecular weight is 258 g/mol. The lowest BCUT2D eigenvalue weighted by Crippen LogP contribution is -2.38. The van der Waals surface area contributed by atoms with E-state index in [2.05, 4.69) is 41.0 Å². The van der Waals surface area contributed by atoms with E-state index >= 15 is 0 Å². The smallest absolute Gasteiger partial charge is 0.223 e. The molecule has 1 saturated heterocycles. The monoisotopic (exact) mass is 258 g/mol. The molecule has 2 N–H and O–H groups in total. The molecule has 0 unspecified atom stereocenters. The fourth-order valence-electron chi connectivity index (χ4n) is 3.04. The fourth-order valence-corrected chi connectivity index (χ4v) is 3.04. The molecule has 3 heteroatoms. The molecular weight excluding hydrogens is 236 g/mol. The van der Waals surface area contributed by atoms with Gasteiger partial charge in [-0.05, 0) is 49.8 Å². The standard InChI is InChI=1S/C16H22N2O/c19-16(13-6-8-17-9-7-13)18-11-14-10-15(14)12-4-2-1-3-5-12/h1-5,13-15,17H,6-11H2,(H,18,19)/t14-,15-/m0/s1. The first-order chi connectivity index (χ1) is 9.34. The molecule has 2 aliphatic rings. The van der Waals surface area contributed by atoms with E-state index < -0.39 is 0 Å². The molecule has 1 aliphatic carbocycles. The van der Waals surface area contributed by atoms with E-state index in [1.807, 2.05) is 0 Å². The zero-order valence-electron chi connectivity index (χ0n) is 11.3. The zero-order valence-corrected chi connectivity index (χ0v) is 11.3. The van der Waals surface area contributed by atoms with Crippen molar-refractivity contribution in [3.8, 4) is 0 Å². The molecule has 19 heavy (non-hydrogen) atoms. The maximum atomic E-state index is 12.0. The minimum absolute atomic E-state index is 0.232. The highest BCUT2D eigenvalue weighted by Crippen LogP contribution is 2.46. The minimum atomic E-state index is 0.232. The lowest BCUT2D eigenvalue weighted by molar-refractivity contribution is -0.125. The van der Waals surface area contributed by atoms with E-state index in [9.17, 15) is 4.79 Å². The van der Waals surface area contributed by atoms with Crippen LogP contribution in [0, 0.1) is 11.8 Å². The highest BCUT2D eigenvalue weighted by Gasteiger charge is 2.38. The predicted molar refractivity (Wildman–Crippen MR) is 75.9 cm³/mol. The molecule has 2 fully saturated rings. The summed E-state index contributed by atoms with van der Waals surface area (Å²) in [7, 11) is 0. The van der Waals surface area contributed by atoms with Crippen LogP contribution in [0.15, 0.2) is 30.3 Å². The van der Waals surface area contributed by atoms with Crippen LogP contribution in [0.2, 0.25) is 0 Å². The number of hydrogen-bond acceptors (Lipinski definition) is 2. The summed E-state index contributed by atoms with van der Waals surface area (Å²) in [4.78, 5) is 12.0. The summed E-state index contributed by atoms with van der Waals surface area (Å²) in [6.07, 6.45) is 3.19. The number of piperidine rings is 1. The normalized spacial score (nSPS) is 26.9. The van der Waals surface area contributed by atoms with Crippen LogP contribution in [0.5, 0.6) is 0 Å². The summed E-state index contributed by atoms with van der Waals surface area (Å²) in [5.41, 5.74) is 1.42. The summed E-state index contributed by atoms with van der Waals surface area (Å²) in [5, 5.41) is 6.44. The molecule has 0 bridgehead atoms. The number of carbonyl (C=O) groups is 1. The largest absolute Gasteiger partial charge is 0.356 e. The summed E-state index contributed by atoms with van der Waals surface area (Å²) in [6.45, 7) is 2.81. The molecule has 1 saturated carbocycles. The topological polar surface area (TPSA) is 41.1 Å². The lowest BCUT2D eigenvalue weighted by atomic mass is 9.97. The summed E-state index contributed by atoms with van der Waals surface area (Å²) in [5.74, 6) is 1.80. The third-order valence-electron chi connectivity index (χ3n) is 4.40. The minimum Gasteiger partial charge on any atom is -0.356 e. The second-order valence-electron chi connectivity index (χ2n) is 5.78. The molecule has 0 spiro atoms. The Labute approximate surface area is 114 Å². The van der Waals surface area contributed by atoms with Gasteiger partial charge in [-0.1, -0.05) is 30.3 Å². The number of amides is 1. The van der Waals surface area contributed by atoms with Crippen LogP contribution in [-0.4, -0.2) is 25.5 Å². The van der Waals surface area contributed by atoms with Gasteiger partial charge in [0.1, 0.15) is 0 Å². The van der Waals surface area contributed by atoms with Gasteiger partial charge >= 0.3 is 0 Å². The van der Waals surface area contributed by atoms with Gasteiger partial charge in [0, 0.05) is 12.5 Å². The fraction of sp³-hybridized carbons (Fsp3) is 0.562. The molecular formula is C16H22N2O. The van der Waals surface area contributed by atoms with Crippen LogP contribution in [-0.2, 0) is 4.79 Å². The highest BCUT2D eigenvalue weighted by molar-refractivity contribution is 5.78. The van der Waals surface area contributed by atoms with E-state index in [4.69, 9.17) is 0 Å². The van der Waals surface area contributed by atoms with Crippen LogP contribution >= 0.6 is 0 Å². The van der Waals surface area contributed by atoms with Gasteiger partial charge < -0.3 is 10.6 Å². The second kappa shape index (κ2) is 5.74. The van der Waals surface area contributed by atoms with Crippen LogP contribution in [0.3, 0.4) is 0 Å². The number of hydrogen-bond donors (Lipinski definition) is 2. The third-order valence-corrected chi connectivity index (χ3v) is 4.40. The van der Waals surface area contributed by atoms with Crippen molar-refractivity contribution >= 4 is 5.91 Å². The molecule has 3 rings (SSSR count). The Balaban J connectivity index is 1.43. The average Bonchev–Trinajstić information content (AvgIpc) is 3.26. The molecule has 1 amide bonds. The molecule has 102 valence electrons. The number of rotatable bonds is 4. The Bertz CT molecular complexity index is 426. The van der Waals surface area contributed by atoms with Crippen molar-refractivity contribution < 1.29 is 4.79 Å². The number of nitrogens with one attached hydrogen (secondary N) is 2. The van der Waals surface area contributed by atoms with E-state index in [1.54, 1.807) is 0 Å². The summed E-state index contributed by atoms with van der Waals surface area (Å²) in [6, 6.07) is 10.6. The molecule has 1 aromatic carbocycles. The van der Waals surface area contributed by atoms with Crippen molar-refractivity contribution in [1.29, 1.82) is 0 Å². The van der Waals surface area contributed by atoms with Crippen molar-refractivity contribution in [3.05, 3.63) is 35.9 Å². The SMILES string of the molecule is O=C(NC[C@@H]1C[C@H]1c1ccccc1)C1CCNCC1. The van der Waals surface area contributed by atoms with Crippen molar-refractivity contribution in [1.82, 2.24) is 10.6 Å². The first-order valence-electron chi connectivity index (χ1n) is 7.38. The van der Waals surface area contributed by atoms with Crippen molar-refractivity contribution in [2.24, 2.45) is 11.8 Å². The van der Waals surface area contributed by atoms with Gasteiger partial charge in [-0.3, -0.25) is 4.79 Å². The summed E-state index contributed by atoms with van der Waals surface area (Å²) >= 11 is 0. The Morgan fingerprint density at radius 2 is 1.95 bits per heavy atom. The van der Waals surface area contributed by atoms with Gasteiger partial charge in [0.05, 0.1) is 0 Å². The van der Waals surface area contributed by atoms with Gasteiger partial charge in [-0.2, -0.15) is 0 Å². The van der Waals surface area contributed by atoms with Crippen LogP contribution in [0.25, 0.3) is 0 Å². The highest BCUT2D eigenvalue weighted by atomic mass is 16.1. The van der Waals surface area contributed by atoms with Gasteiger partial charge in [0.2, 0.25) is 5.91 Å². The third kappa shape index (κ3) is 3.16. The molecule has 2 atom stereocenters. The van der Waals surface area contributed by atoms with Crippen molar-refractivity contribution in [3.63, 3.8) is 0 Å². The summed E-state index contributed by atoms with van der Waals surface area (Å²) < 4.78 is 0.